The summed E-state index contributed by atoms with van der Waals surface area (Å²) in [5, 5.41) is 1.25. The highest BCUT2D eigenvalue weighted by atomic mass is 16.5. The number of benzene rings is 1. The lowest BCUT2D eigenvalue weighted by molar-refractivity contribution is 0.0499. The Hall–Kier alpha value is -1.61. The Morgan fingerprint density at radius 1 is 1.30 bits per heavy atom. The van der Waals surface area contributed by atoms with Crippen LogP contribution in [0.1, 0.15) is 18.9 Å². The Morgan fingerprint density at radius 3 is 2.95 bits per heavy atom. The number of piperidine rings is 1. The number of hydrogen-bond acceptors (Lipinski definition) is 3. The molecular weight excluding hydrogens is 248 g/mol. The van der Waals surface area contributed by atoms with E-state index in [-0.39, 0.29) is 0 Å². The fraction of sp³-hybridized carbons (Fsp3) is 0.471. The molecule has 1 saturated heterocycles. The van der Waals surface area contributed by atoms with Gasteiger partial charge in [0, 0.05) is 37.5 Å². The van der Waals surface area contributed by atoms with Crippen LogP contribution < -0.4 is 4.90 Å². The minimum Gasteiger partial charge on any atom is -0.379 e. The van der Waals surface area contributed by atoms with Crippen LogP contribution in [0.4, 0.5) is 5.69 Å². The van der Waals surface area contributed by atoms with Gasteiger partial charge in [-0.15, -0.1) is 0 Å². The van der Waals surface area contributed by atoms with Crippen LogP contribution in [0.2, 0.25) is 0 Å². The van der Waals surface area contributed by atoms with Crippen molar-refractivity contribution in [3.8, 4) is 0 Å². The molecule has 0 aliphatic carbocycles. The zero-order chi connectivity index (χ0) is 14.1. The number of fused-ring (bicyclic) bond motifs is 1. The van der Waals surface area contributed by atoms with Crippen LogP contribution in [0.15, 0.2) is 30.5 Å². The lowest BCUT2D eigenvalue weighted by Gasteiger charge is -2.38. The molecule has 3 heteroatoms. The van der Waals surface area contributed by atoms with E-state index >= 15 is 0 Å². The molecule has 106 valence electrons. The second-order valence-corrected chi connectivity index (χ2v) is 5.79. The zero-order valence-corrected chi connectivity index (χ0v) is 12.5. The van der Waals surface area contributed by atoms with Crippen LogP contribution in [-0.4, -0.2) is 31.3 Å². The number of aromatic nitrogens is 1. The van der Waals surface area contributed by atoms with Gasteiger partial charge in [-0.25, -0.2) is 0 Å². The minimum absolute atomic E-state index is 0.316. The first-order chi connectivity index (χ1) is 9.70. The molecule has 2 heterocycles. The predicted molar refractivity (Wildman–Crippen MR) is 83.3 cm³/mol. The van der Waals surface area contributed by atoms with Gasteiger partial charge in [0.25, 0.3) is 0 Å². The highest BCUT2D eigenvalue weighted by molar-refractivity contribution is 5.93. The topological polar surface area (TPSA) is 25.4 Å². The van der Waals surface area contributed by atoms with Crippen LogP contribution >= 0.6 is 0 Å². The SMILES string of the molecule is COC1CN(c2ccnc3c(C)cccc23)CCC1C. The van der Waals surface area contributed by atoms with E-state index in [0.29, 0.717) is 12.0 Å². The first-order valence-electron chi connectivity index (χ1n) is 7.33. The van der Waals surface area contributed by atoms with E-state index in [4.69, 9.17) is 4.74 Å². The minimum atomic E-state index is 0.316. The molecule has 0 radical (unpaired) electrons. The van der Waals surface area contributed by atoms with Gasteiger partial charge in [-0.2, -0.15) is 0 Å². The van der Waals surface area contributed by atoms with Crippen LogP contribution in [0, 0.1) is 12.8 Å². The Kier molecular flexibility index (Phi) is 3.62. The number of methoxy groups -OCH3 is 1. The van der Waals surface area contributed by atoms with Gasteiger partial charge in [0.2, 0.25) is 0 Å². The van der Waals surface area contributed by atoms with Crippen molar-refractivity contribution in [1.29, 1.82) is 0 Å². The van der Waals surface area contributed by atoms with Crippen molar-refractivity contribution in [2.24, 2.45) is 5.92 Å². The number of para-hydroxylation sites is 1. The third-order valence-electron chi connectivity index (χ3n) is 4.48. The van der Waals surface area contributed by atoms with Crippen molar-refractivity contribution in [2.45, 2.75) is 26.4 Å². The molecular formula is C17H22N2O. The van der Waals surface area contributed by atoms with Crippen molar-refractivity contribution in [2.75, 3.05) is 25.1 Å². The average molecular weight is 270 g/mol. The Balaban J connectivity index is 2.00. The molecule has 1 aromatic carbocycles. The van der Waals surface area contributed by atoms with Crippen LogP contribution in [0.5, 0.6) is 0 Å². The molecule has 3 rings (SSSR count). The van der Waals surface area contributed by atoms with E-state index in [1.807, 2.05) is 13.3 Å². The molecule has 0 bridgehead atoms. The quantitative estimate of drug-likeness (QED) is 0.836. The molecule has 0 saturated carbocycles. The molecule has 2 aromatic rings. The van der Waals surface area contributed by atoms with Crippen molar-refractivity contribution >= 4 is 16.6 Å². The zero-order valence-electron chi connectivity index (χ0n) is 12.5. The molecule has 1 fully saturated rings. The van der Waals surface area contributed by atoms with E-state index < -0.39 is 0 Å². The summed E-state index contributed by atoms with van der Waals surface area (Å²) >= 11 is 0. The number of ether oxygens (including phenoxy) is 1. The van der Waals surface area contributed by atoms with Gasteiger partial charge in [-0.1, -0.05) is 25.1 Å². The largest absolute Gasteiger partial charge is 0.379 e. The van der Waals surface area contributed by atoms with Gasteiger partial charge in [-0.05, 0) is 30.9 Å². The van der Waals surface area contributed by atoms with E-state index in [0.717, 1.165) is 18.6 Å². The van der Waals surface area contributed by atoms with Gasteiger partial charge in [0.05, 0.1) is 11.6 Å². The summed E-state index contributed by atoms with van der Waals surface area (Å²) in [4.78, 5) is 6.97. The number of aryl methyl sites for hydroxylation is 1. The number of nitrogens with zero attached hydrogens (tertiary/aromatic N) is 2. The van der Waals surface area contributed by atoms with Crippen molar-refractivity contribution in [1.82, 2.24) is 4.98 Å². The fourth-order valence-electron chi connectivity index (χ4n) is 3.14. The molecule has 20 heavy (non-hydrogen) atoms. The number of hydrogen-bond donors (Lipinski definition) is 0. The summed E-state index contributed by atoms with van der Waals surface area (Å²) in [6.45, 7) is 6.45. The maximum atomic E-state index is 5.63. The molecule has 1 aliphatic rings. The lowest BCUT2D eigenvalue weighted by atomic mass is 9.95. The van der Waals surface area contributed by atoms with Gasteiger partial charge >= 0.3 is 0 Å². The monoisotopic (exact) mass is 270 g/mol. The molecule has 1 aromatic heterocycles. The highest BCUT2D eigenvalue weighted by Gasteiger charge is 2.26. The fourth-order valence-corrected chi connectivity index (χ4v) is 3.14. The van der Waals surface area contributed by atoms with Crippen LogP contribution in [-0.2, 0) is 4.74 Å². The van der Waals surface area contributed by atoms with Crippen molar-refractivity contribution in [3.63, 3.8) is 0 Å². The maximum Gasteiger partial charge on any atom is 0.0772 e. The lowest BCUT2D eigenvalue weighted by Crippen LogP contribution is -2.44. The van der Waals surface area contributed by atoms with Crippen molar-refractivity contribution < 1.29 is 4.74 Å². The second kappa shape index (κ2) is 5.41. The van der Waals surface area contributed by atoms with Gasteiger partial charge < -0.3 is 9.64 Å². The van der Waals surface area contributed by atoms with Crippen molar-refractivity contribution in [3.05, 3.63) is 36.0 Å². The van der Waals surface area contributed by atoms with Gasteiger partial charge in [0.15, 0.2) is 0 Å². The Bertz CT molecular complexity index is 611. The smallest absolute Gasteiger partial charge is 0.0772 e. The molecule has 2 unspecified atom stereocenters. The highest BCUT2D eigenvalue weighted by Crippen LogP contribution is 2.31. The van der Waals surface area contributed by atoms with E-state index in [2.05, 4.69) is 48.0 Å². The molecule has 3 nitrogen and oxygen atoms in total. The van der Waals surface area contributed by atoms with Gasteiger partial charge in [0.1, 0.15) is 0 Å². The first kappa shape index (κ1) is 13.4. The van der Waals surface area contributed by atoms with E-state index in [1.54, 1.807) is 0 Å². The van der Waals surface area contributed by atoms with E-state index in [9.17, 15) is 0 Å². The van der Waals surface area contributed by atoms with Crippen LogP contribution in [0.25, 0.3) is 10.9 Å². The van der Waals surface area contributed by atoms with E-state index in [1.165, 1.54) is 23.1 Å². The summed E-state index contributed by atoms with van der Waals surface area (Å²) in [5.74, 6) is 0.631. The predicted octanol–water partition coefficient (Wildman–Crippen LogP) is 3.40. The Morgan fingerprint density at radius 2 is 2.15 bits per heavy atom. The van der Waals surface area contributed by atoms with Crippen LogP contribution in [0.3, 0.4) is 0 Å². The maximum absolute atomic E-state index is 5.63. The molecule has 0 amide bonds. The molecule has 2 atom stereocenters. The summed E-state index contributed by atoms with van der Waals surface area (Å²) in [6, 6.07) is 8.54. The molecule has 1 aliphatic heterocycles. The summed E-state index contributed by atoms with van der Waals surface area (Å²) in [6.07, 6.45) is 3.41. The second-order valence-electron chi connectivity index (χ2n) is 5.79. The number of anilines is 1. The third-order valence-corrected chi connectivity index (χ3v) is 4.48. The normalized spacial score (nSPS) is 23.2. The summed E-state index contributed by atoms with van der Waals surface area (Å²) in [7, 11) is 1.82. The van der Waals surface area contributed by atoms with Gasteiger partial charge in [-0.3, -0.25) is 4.98 Å². The Labute approximate surface area is 120 Å². The standard InChI is InChI=1S/C17H22N2O/c1-12-8-10-19(11-16(12)20-3)15-7-9-18-17-13(2)5-4-6-14(15)17/h4-7,9,12,16H,8,10-11H2,1-3H3. The summed E-state index contributed by atoms with van der Waals surface area (Å²) in [5.41, 5.74) is 3.63. The first-order valence-corrected chi connectivity index (χ1v) is 7.33. The average Bonchev–Trinajstić information content (AvgIpc) is 2.48. The third kappa shape index (κ3) is 2.27. The summed E-state index contributed by atoms with van der Waals surface area (Å²) < 4.78 is 5.63. The number of pyridine rings is 1. The molecule has 0 N–H and O–H groups in total. The number of rotatable bonds is 2. The molecule has 0 spiro atoms.